The molecule has 0 bridgehead atoms. The second-order valence-corrected chi connectivity index (χ2v) is 6.95. The molecule has 2 aromatic rings. The maximum absolute atomic E-state index is 12.8. The maximum Gasteiger partial charge on any atom is 0.148 e. The number of rotatable bonds is 4. The minimum absolute atomic E-state index is 0.218. The highest BCUT2D eigenvalue weighted by Gasteiger charge is 2.44. The van der Waals surface area contributed by atoms with Crippen LogP contribution >= 0.6 is 27.3 Å². The molecule has 1 nitrogen and oxygen atoms in total. The number of hydrogen-bond acceptors (Lipinski definition) is 2. The zero-order chi connectivity index (χ0) is 13.3. The van der Waals surface area contributed by atoms with E-state index in [0.717, 1.165) is 28.6 Å². The van der Waals surface area contributed by atoms with Crippen LogP contribution in [0.4, 0.5) is 0 Å². The SMILES string of the molecule is O=C(Cc1sccc1Br)C1(c2ccccc2)CCC1. The summed E-state index contributed by atoms with van der Waals surface area (Å²) in [6.45, 7) is 0. The van der Waals surface area contributed by atoms with Gasteiger partial charge in [0, 0.05) is 15.8 Å². The molecule has 0 radical (unpaired) electrons. The van der Waals surface area contributed by atoms with Crippen LogP contribution in [0.2, 0.25) is 0 Å². The third-order valence-corrected chi connectivity index (χ3v) is 6.01. The summed E-state index contributed by atoms with van der Waals surface area (Å²) in [6.07, 6.45) is 3.71. The molecule has 1 aliphatic carbocycles. The van der Waals surface area contributed by atoms with Crippen molar-refractivity contribution in [3.63, 3.8) is 0 Å². The molecule has 1 fully saturated rings. The number of benzene rings is 1. The normalized spacial score (nSPS) is 16.9. The van der Waals surface area contributed by atoms with Crippen LogP contribution in [-0.4, -0.2) is 5.78 Å². The summed E-state index contributed by atoms with van der Waals surface area (Å²) in [5.74, 6) is 0.369. The summed E-state index contributed by atoms with van der Waals surface area (Å²) < 4.78 is 1.06. The Bertz CT molecular complexity index is 584. The Kier molecular flexibility index (Phi) is 3.59. The van der Waals surface area contributed by atoms with Crippen LogP contribution in [0.5, 0.6) is 0 Å². The quantitative estimate of drug-likeness (QED) is 0.788. The van der Waals surface area contributed by atoms with Crippen molar-refractivity contribution in [1.29, 1.82) is 0 Å². The van der Waals surface area contributed by atoms with Gasteiger partial charge in [-0.2, -0.15) is 0 Å². The molecule has 1 heterocycles. The fraction of sp³-hybridized carbons (Fsp3) is 0.312. The smallest absolute Gasteiger partial charge is 0.148 e. The Balaban J connectivity index is 1.87. The summed E-state index contributed by atoms with van der Waals surface area (Å²) in [4.78, 5) is 13.9. The Labute approximate surface area is 125 Å². The van der Waals surface area contributed by atoms with Crippen LogP contribution in [0.1, 0.15) is 29.7 Å². The second-order valence-electron chi connectivity index (χ2n) is 5.09. The highest BCUT2D eigenvalue weighted by Crippen LogP contribution is 2.45. The van der Waals surface area contributed by atoms with Crippen LogP contribution < -0.4 is 0 Å². The predicted octanol–water partition coefficient (Wildman–Crippen LogP) is 4.74. The van der Waals surface area contributed by atoms with E-state index in [1.807, 2.05) is 29.6 Å². The Morgan fingerprint density at radius 1 is 1.21 bits per heavy atom. The Hall–Kier alpha value is -0.930. The van der Waals surface area contributed by atoms with Gasteiger partial charge in [0.2, 0.25) is 0 Å². The molecule has 1 aromatic carbocycles. The Morgan fingerprint density at radius 2 is 1.95 bits per heavy atom. The number of ketones is 1. The first-order valence-corrected chi connectivity index (χ1v) is 8.20. The van der Waals surface area contributed by atoms with Gasteiger partial charge in [-0.05, 0) is 45.8 Å². The number of hydrogen-bond donors (Lipinski definition) is 0. The standard InChI is InChI=1S/C16H15BrOS/c17-13-7-10-19-14(13)11-15(18)16(8-4-9-16)12-5-2-1-3-6-12/h1-3,5-7,10H,4,8-9,11H2. The van der Waals surface area contributed by atoms with Crippen molar-refractivity contribution in [2.75, 3.05) is 0 Å². The first-order chi connectivity index (χ1) is 9.22. The van der Waals surface area contributed by atoms with Gasteiger partial charge in [0.15, 0.2) is 0 Å². The highest BCUT2D eigenvalue weighted by molar-refractivity contribution is 9.10. The van der Waals surface area contributed by atoms with Crippen LogP contribution in [0.15, 0.2) is 46.3 Å². The minimum Gasteiger partial charge on any atom is -0.298 e. The number of thiophene rings is 1. The fourth-order valence-corrected chi connectivity index (χ4v) is 4.27. The van der Waals surface area contributed by atoms with E-state index in [0.29, 0.717) is 12.2 Å². The molecule has 0 saturated heterocycles. The summed E-state index contributed by atoms with van der Waals surface area (Å²) >= 11 is 5.17. The monoisotopic (exact) mass is 334 g/mol. The lowest BCUT2D eigenvalue weighted by atomic mass is 9.61. The van der Waals surface area contributed by atoms with Gasteiger partial charge in [-0.3, -0.25) is 4.79 Å². The van der Waals surface area contributed by atoms with Crippen LogP contribution in [0.3, 0.4) is 0 Å². The average molecular weight is 335 g/mol. The molecule has 3 heteroatoms. The highest BCUT2D eigenvalue weighted by atomic mass is 79.9. The number of carbonyl (C=O) groups excluding carboxylic acids is 1. The summed E-state index contributed by atoms with van der Waals surface area (Å²) in [6, 6.07) is 12.3. The van der Waals surface area contributed by atoms with Crippen molar-refractivity contribution in [1.82, 2.24) is 0 Å². The maximum atomic E-state index is 12.8. The van der Waals surface area contributed by atoms with Crippen LogP contribution in [0, 0.1) is 0 Å². The summed E-state index contributed by atoms with van der Waals surface area (Å²) in [5, 5.41) is 2.03. The largest absolute Gasteiger partial charge is 0.298 e. The molecular formula is C16H15BrOS. The zero-order valence-corrected chi connectivity index (χ0v) is 13.0. The van der Waals surface area contributed by atoms with Crippen molar-refractivity contribution in [2.24, 2.45) is 0 Å². The molecular weight excluding hydrogens is 320 g/mol. The van der Waals surface area contributed by atoms with Crippen LogP contribution in [0.25, 0.3) is 0 Å². The summed E-state index contributed by atoms with van der Waals surface area (Å²) in [7, 11) is 0. The van der Waals surface area contributed by atoms with Gasteiger partial charge in [0.25, 0.3) is 0 Å². The van der Waals surface area contributed by atoms with E-state index in [2.05, 4.69) is 28.1 Å². The summed E-state index contributed by atoms with van der Waals surface area (Å²) in [5.41, 5.74) is 0.976. The lowest BCUT2D eigenvalue weighted by molar-refractivity contribution is -0.126. The molecule has 0 amide bonds. The third-order valence-electron chi connectivity index (χ3n) is 4.08. The van der Waals surface area contributed by atoms with Gasteiger partial charge in [-0.1, -0.05) is 36.8 Å². The van der Waals surface area contributed by atoms with Gasteiger partial charge < -0.3 is 0 Å². The molecule has 98 valence electrons. The predicted molar refractivity (Wildman–Crippen MR) is 82.7 cm³/mol. The van der Waals surface area contributed by atoms with E-state index in [1.54, 1.807) is 11.3 Å². The average Bonchev–Trinajstić information content (AvgIpc) is 2.75. The van der Waals surface area contributed by atoms with E-state index in [-0.39, 0.29) is 5.41 Å². The zero-order valence-electron chi connectivity index (χ0n) is 10.6. The number of carbonyl (C=O) groups is 1. The van der Waals surface area contributed by atoms with E-state index >= 15 is 0 Å². The minimum atomic E-state index is -0.218. The van der Waals surface area contributed by atoms with Crippen molar-refractivity contribution in [2.45, 2.75) is 31.1 Å². The lowest BCUT2D eigenvalue weighted by Gasteiger charge is -2.41. The molecule has 1 saturated carbocycles. The number of halogens is 1. The molecule has 0 N–H and O–H groups in total. The van der Waals surface area contributed by atoms with E-state index < -0.39 is 0 Å². The third kappa shape index (κ3) is 2.30. The van der Waals surface area contributed by atoms with Crippen molar-refractivity contribution in [3.8, 4) is 0 Å². The molecule has 19 heavy (non-hydrogen) atoms. The van der Waals surface area contributed by atoms with Crippen molar-refractivity contribution in [3.05, 3.63) is 56.7 Å². The van der Waals surface area contributed by atoms with Crippen molar-refractivity contribution < 1.29 is 4.79 Å². The number of Topliss-reactive ketones (excluding diaryl/α,β-unsaturated/α-hetero) is 1. The molecule has 0 spiro atoms. The van der Waals surface area contributed by atoms with Crippen molar-refractivity contribution >= 4 is 33.0 Å². The molecule has 0 atom stereocenters. The van der Waals surface area contributed by atoms with Gasteiger partial charge in [0.1, 0.15) is 5.78 Å². The lowest BCUT2D eigenvalue weighted by Crippen LogP contribution is -2.43. The Morgan fingerprint density at radius 3 is 2.47 bits per heavy atom. The molecule has 0 unspecified atom stereocenters. The van der Waals surface area contributed by atoms with E-state index in [9.17, 15) is 4.79 Å². The van der Waals surface area contributed by atoms with Gasteiger partial charge >= 0.3 is 0 Å². The molecule has 3 rings (SSSR count). The fourth-order valence-electron chi connectivity index (χ4n) is 2.78. The van der Waals surface area contributed by atoms with Gasteiger partial charge in [-0.15, -0.1) is 11.3 Å². The van der Waals surface area contributed by atoms with Gasteiger partial charge in [-0.25, -0.2) is 0 Å². The first kappa shape index (κ1) is 13.1. The topological polar surface area (TPSA) is 17.1 Å². The van der Waals surface area contributed by atoms with Gasteiger partial charge in [0.05, 0.1) is 5.41 Å². The molecule has 1 aliphatic rings. The molecule has 1 aromatic heterocycles. The van der Waals surface area contributed by atoms with E-state index in [1.165, 1.54) is 5.56 Å². The first-order valence-electron chi connectivity index (χ1n) is 6.53. The van der Waals surface area contributed by atoms with E-state index in [4.69, 9.17) is 0 Å². The second kappa shape index (κ2) is 5.22. The van der Waals surface area contributed by atoms with Crippen LogP contribution in [-0.2, 0) is 16.6 Å². The molecule has 0 aliphatic heterocycles.